The monoisotopic (exact) mass is 500 g/mol. The number of ether oxygens (including phenoxy) is 1. The standard InChI is InChI=1S/C27H37FN4O4/c1-36-19-18-32(16-6-5-11-22-13-12-21-10-7-15-29-25(21)30-22)17-14-23(27(34)35)31-26(33)24(28)20-8-3-2-4-9-20/h2-4,8-9,12-13,23-24H,5-7,10-11,14-19H2,1H3,(H,29,30)(H,31,33)(H,34,35)/t23-,24?/m0/s1. The van der Waals surface area contributed by atoms with E-state index in [0.29, 0.717) is 19.7 Å². The number of nitrogens with zero attached hydrogens (tertiary/aromatic N) is 2. The Kier molecular flexibility index (Phi) is 11.1. The minimum Gasteiger partial charge on any atom is -0.480 e. The lowest BCUT2D eigenvalue weighted by Gasteiger charge is -2.24. The minimum atomic E-state index is -1.91. The van der Waals surface area contributed by atoms with Crippen LogP contribution in [0.4, 0.5) is 10.2 Å². The molecule has 1 unspecified atom stereocenters. The summed E-state index contributed by atoms with van der Waals surface area (Å²) in [6, 6.07) is 11.1. The fourth-order valence-corrected chi connectivity index (χ4v) is 4.29. The van der Waals surface area contributed by atoms with E-state index in [1.807, 2.05) is 0 Å². The summed E-state index contributed by atoms with van der Waals surface area (Å²) < 4.78 is 19.7. The fourth-order valence-electron chi connectivity index (χ4n) is 4.29. The third-order valence-electron chi connectivity index (χ3n) is 6.39. The van der Waals surface area contributed by atoms with E-state index in [9.17, 15) is 19.1 Å². The Morgan fingerprint density at radius 2 is 1.97 bits per heavy atom. The minimum absolute atomic E-state index is 0.171. The molecule has 2 heterocycles. The zero-order valence-corrected chi connectivity index (χ0v) is 20.9. The number of unbranched alkanes of at least 4 members (excludes halogenated alkanes) is 1. The number of carbonyl (C=O) groups is 2. The number of alkyl halides is 1. The number of halogens is 1. The second kappa shape index (κ2) is 14.5. The van der Waals surface area contributed by atoms with Crippen LogP contribution in [0.1, 0.15) is 48.7 Å². The highest BCUT2D eigenvalue weighted by atomic mass is 19.1. The summed E-state index contributed by atoms with van der Waals surface area (Å²) in [6.07, 6.45) is 3.21. The molecule has 9 heteroatoms. The van der Waals surface area contributed by atoms with Crippen LogP contribution in [-0.2, 0) is 27.2 Å². The summed E-state index contributed by atoms with van der Waals surface area (Å²) in [4.78, 5) is 30.9. The molecule has 3 N–H and O–H groups in total. The van der Waals surface area contributed by atoms with Gasteiger partial charge in [0.1, 0.15) is 11.9 Å². The predicted octanol–water partition coefficient (Wildman–Crippen LogP) is 3.38. The van der Waals surface area contributed by atoms with Crippen molar-refractivity contribution in [3.05, 3.63) is 59.3 Å². The number of fused-ring (bicyclic) bond motifs is 1. The first-order valence-electron chi connectivity index (χ1n) is 12.6. The van der Waals surface area contributed by atoms with Crippen LogP contribution in [0.3, 0.4) is 0 Å². The van der Waals surface area contributed by atoms with Crippen LogP contribution in [-0.4, -0.2) is 72.8 Å². The predicted molar refractivity (Wildman–Crippen MR) is 137 cm³/mol. The SMILES string of the molecule is COCCN(CCCCc1ccc2c(n1)NCCC2)CC[C@H](NC(=O)C(F)c1ccccc1)C(=O)O. The van der Waals surface area contributed by atoms with Gasteiger partial charge in [-0.05, 0) is 62.3 Å². The summed E-state index contributed by atoms with van der Waals surface area (Å²) in [7, 11) is 1.62. The largest absolute Gasteiger partial charge is 0.480 e. The molecular formula is C27H37FN4O4. The second-order valence-electron chi connectivity index (χ2n) is 9.09. The first kappa shape index (κ1) is 27.5. The Bertz CT molecular complexity index is 976. The van der Waals surface area contributed by atoms with Crippen molar-refractivity contribution in [2.24, 2.45) is 0 Å². The molecule has 1 aromatic carbocycles. The van der Waals surface area contributed by atoms with Crippen LogP contribution in [0.25, 0.3) is 0 Å². The van der Waals surface area contributed by atoms with E-state index >= 15 is 0 Å². The van der Waals surface area contributed by atoms with Crippen LogP contribution < -0.4 is 10.6 Å². The topological polar surface area (TPSA) is 104 Å². The van der Waals surface area contributed by atoms with Crippen molar-refractivity contribution >= 4 is 17.7 Å². The van der Waals surface area contributed by atoms with E-state index in [2.05, 4.69) is 27.7 Å². The number of rotatable bonds is 15. The number of nitrogens with one attached hydrogen (secondary N) is 2. The number of aliphatic carboxylic acids is 1. The van der Waals surface area contributed by atoms with Gasteiger partial charge >= 0.3 is 5.97 Å². The Morgan fingerprint density at radius 1 is 1.17 bits per heavy atom. The molecule has 3 rings (SSSR count). The second-order valence-corrected chi connectivity index (χ2v) is 9.09. The molecule has 0 bridgehead atoms. The number of carboxylic acid groups (broad SMARTS) is 1. The molecule has 36 heavy (non-hydrogen) atoms. The number of aryl methyl sites for hydroxylation is 2. The molecule has 1 aliphatic rings. The fraction of sp³-hybridized carbons (Fsp3) is 0.519. The van der Waals surface area contributed by atoms with E-state index < -0.39 is 24.1 Å². The first-order valence-corrected chi connectivity index (χ1v) is 12.6. The summed E-state index contributed by atoms with van der Waals surface area (Å²) in [5.74, 6) is -1.11. The van der Waals surface area contributed by atoms with E-state index in [4.69, 9.17) is 9.72 Å². The van der Waals surface area contributed by atoms with Crippen molar-refractivity contribution in [2.75, 3.05) is 45.2 Å². The number of carbonyl (C=O) groups excluding carboxylic acids is 1. The van der Waals surface area contributed by atoms with Gasteiger partial charge < -0.3 is 25.4 Å². The van der Waals surface area contributed by atoms with Gasteiger partial charge in [-0.1, -0.05) is 36.4 Å². The smallest absolute Gasteiger partial charge is 0.326 e. The Hall–Kier alpha value is -3.04. The van der Waals surface area contributed by atoms with Gasteiger partial charge in [0, 0.05) is 32.4 Å². The van der Waals surface area contributed by atoms with Crippen LogP contribution in [0, 0.1) is 0 Å². The van der Waals surface area contributed by atoms with Crippen molar-refractivity contribution in [1.82, 2.24) is 15.2 Å². The molecule has 0 spiro atoms. The molecule has 2 aromatic rings. The zero-order valence-electron chi connectivity index (χ0n) is 20.9. The molecule has 0 saturated carbocycles. The maximum atomic E-state index is 14.5. The van der Waals surface area contributed by atoms with Gasteiger partial charge in [0.2, 0.25) is 6.17 Å². The van der Waals surface area contributed by atoms with Gasteiger partial charge in [0.15, 0.2) is 0 Å². The molecule has 1 amide bonds. The summed E-state index contributed by atoms with van der Waals surface area (Å²) in [5, 5.41) is 15.3. The van der Waals surface area contributed by atoms with Gasteiger partial charge in [-0.3, -0.25) is 4.79 Å². The maximum absolute atomic E-state index is 14.5. The van der Waals surface area contributed by atoms with E-state index in [0.717, 1.165) is 56.7 Å². The summed E-state index contributed by atoms with van der Waals surface area (Å²) >= 11 is 0. The Labute approximate surface area is 212 Å². The molecule has 0 saturated heterocycles. The third-order valence-corrected chi connectivity index (χ3v) is 6.39. The number of hydrogen-bond donors (Lipinski definition) is 3. The lowest BCUT2D eigenvalue weighted by molar-refractivity contribution is -0.143. The normalized spacial score (nSPS) is 14.5. The van der Waals surface area contributed by atoms with Crippen LogP contribution >= 0.6 is 0 Å². The van der Waals surface area contributed by atoms with Crippen molar-refractivity contribution in [1.29, 1.82) is 0 Å². The number of amides is 1. The number of benzene rings is 1. The Balaban J connectivity index is 1.46. The first-order chi connectivity index (χ1) is 17.5. The lowest BCUT2D eigenvalue weighted by atomic mass is 10.1. The molecule has 0 aliphatic carbocycles. The molecule has 8 nitrogen and oxygen atoms in total. The molecule has 0 fully saturated rings. The van der Waals surface area contributed by atoms with Gasteiger partial charge in [0.25, 0.3) is 5.91 Å². The van der Waals surface area contributed by atoms with Gasteiger partial charge in [-0.15, -0.1) is 0 Å². The molecule has 2 atom stereocenters. The van der Waals surface area contributed by atoms with Crippen LogP contribution in [0.5, 0.6) is 0 Å². The number of anilines is 1. The van der Waals surface area contributed by atoms with Gasteiger partial charge in [-0.2, -0.15) is 0 Å². The number of aromatic nitrogens is 1. The van der Waals surface area contributed by atoms with Gasteiger partial charge in [0.05, 0.1) is 6.61 Å². The average Bonchev–Trinajstić information content (AvgIpc) is 2.90. The summed E-state index contributed by atoms with van der Waals surface area (Å²) in [6.45, 7) is 3.34. The van der Waals surface area contributed by atoms with Crippen LogP contribution in [0.2, 0.25) is 0 Å². The zero-order chi connectivity index (χ0) is 25.8. The highest BCUT2D eigenvalue weighted by molar-refractivity contribution is 5.87. The van der Waals surface area contributed by atoms with Crippen molar-refractivity contribution in [3.63, 3.8) is 0 Å². The molecule has 0 radical (unpaired) electrons. The molecule has 1 aliphatic heterocycles. The highest BCUT2D eigenvalue weighted by Crippen LogP contribution is 2.20. The van der Waals surface area contributed by atoms with Crippen molar-refractivity contribution in [3.8, 4) is 0 Å². The van der Waals surface area contributed by atoms with E-state index in [-0.39, 0.29) is 12.0 Å². The number of pyridine rings is 1. The quantitative estimate of drug-likeness (QED) is 0.322. The summed E-state index contributed by atoms with van der Waals surface area (Å²) in [5.41, 5.74) is 2.54. The third kappa shape index (κ3) is 8.57. The lowest BCUT2D eigenvalue weighted by Crippen LogP contribution is -2.44. The maximum Gasteiger partial charge on any atom is 0.326 e. The molecule has 196 valence electrons. The number of carboxylic acids is 1. The average molecular weight is 501 g/mol. The number of hydrogen-bond acceptors (Lipinski definition) is 6. The van der Waals surface area contributed by atoms with Crippen molar-refractivity contribution < 1.29 is 23.8 Å². The van der Waals surface area contributed by atoms with E-state index in [1.165, 1.54) is 17.7 Å². The van der Waals surface area contributed by atoms with E-state index in [1.54, 1.807) is 25.3 Å². The highest BCUT2D eigenvalue weighted by Gasteiger charge is 2.26. The van der Waals surface area contributed by atoms with Crippen molar-refractivity contribution in [2.45, 2.75) is 50.7 Å². The molecular weight excluding hydrogens is 463 g/mol. The molecule has 1 aromatic heterocycles. The van der Waals surface area contributed by atoms with Gasteiger partial charge in [-0.25, -0.2) is 14.2 Å². The number of methoxy groups -OCH3 is 1. The Morgan fingerprint density at radius 3 is 2.72 bits per heavy atom. The van der Waals surface area contributed by atoms with Crippen LogP contribution in [0.15, 0.2) is 42.5 Å².